The van der Waals surface area contributed by atoms with Crippen LogP contribution in [0.4, 0.5) is 0 Å². The summed E-state index contributed by atoms with van der Waals surface area (Å²) >= 11 is 5.06. The Kier molecular flexibility index (Phi) is 2.64. The van der Waals surface area contributed by atoms with Crippen LogP contribution >= 0.6 is 12.2 Å². The summed E-state index contributed by atoms with van der Waals surface area (Å²) in [6.07, 6.45) is 1.80. The van der Waals surface area contributed by atoms with Crippen LogP contribution in [-0.2, 0) is 0 Å². The van der Waals surface area contributed by atoms with Crippen molar-refractivity contribution in [3.05, 3.63) is 46.2 Å². The predicted octanol–water partition coefficient (Wildman–Crippen LogP) is 3.42. The molecular formula is C12H12N2S. The summed E-state index contributed by atoms with van der Waals surface area (Å²) in [7, 11) is 0. The number of nitrogens with zero attached hydrogens (tertiary/aromatic N) is 1. The van der Waals surface area contributed by atoms with Crippen molar-refractivity contribution in [2.24, 2.45) is 0 Å². The molecule has 15 heavy (non-hydrogen) atoms. The molecule has 0 fully saturated rings. The van der Waals surface area contributed by atoms with E-state index >= 15 is 0 Å². The molecule has 0 aliphatic rings. The second-order valence-corrected chi connectivity index (χ2v) is 4.02. The Bertz CT molecular complexity index is 543. The van der Waals surface area contributed by atoms with Crippen molar-refractivity contribution in [3.63, 3.8) is 0 Å². The normalized spacial score (nSPS) is 10.3. The van der Waals surface area contributed by atoms with Gasteiger partial charge in [0.05, 0.1) is 6.20 Å². The number of benzene rings is 1. The van der Waals surface area contributed by atoms with Crippen LogP contribution in [0.5, 0.6) is 0 Å². The van der Waals surface area contributed by atoms with Crippen molar-refractivity contribution in [2.45, 2.75) is 13.8 Å². The van der Waals surface area contributed by atoms with Crippen LogP contribution in [-0.4, -0.2) is 10.2 Å². The highest BCUT2D eigenvalue weighted by atomic mass is 32.1. The molecule has 0 amide bonds. The highest BCUT2D eigenvalue weighted by Crippen LogP contribution is 2.24. The number of aryl methyl sites for hydroxylation is 1. The molecule has 0 bridgehead atoms. The highest BCUT2D eigenvalue weighted by Gasteiger charge is 2.03. The van der Waals surface area contributed by atoms with Gasteiger partial charge in [0, 0.05) is 5.56 Å². The van der Waals surface area contributed by atoms with E-state index in [0.717, 1.165) is 5.56 Å². The molecule has 0 spiro atoms. The maximum absolute atomic E-state index is 5.06. The number of H-pyrrole nitrogens is 1. The van der Waals surface area contributed by atoms with Crippen molar-refractivity contribution < 1.29 is 0 Å². The summed E-state index contributed by atoms with van der Waals surface area (Å²) in [6.45, 7) is 4.22. The van der Waals surface area contributed by atoms with Gasteiger partial charge >= 0.3 is 0 Å². The molecule has 0 aliphatic carbocycles. The summed E-state index contributed by atoms with van der Waals surface area (Å²) < 4.78 is 0.661. The number of aromatic amines is 1. The summed E-state index contributed by atoms with van der Waals surface area (Å²) in [4.78, 5) is 0. The molecule has 1 aromatic carbocycles. The third kappa shape index (κ3) is 1.97. The van der Waals surface area contributed by atoms with Gasteiger partial charge in [0.25, 0.3) is 0 Å². The Hall–Kier alpha value is -1.48. The molecule has 0 atom stereocenters. The van der Waals surface area contributed by atoms with Gasteiger partial charge < -0.3 is 0 Å². The standard InChI is InChI=1S/C12H12N2S/c1-8-4-3-5-11(9(8)2)10-6-12(15)14-13-7-10/h3-7H,1-2H3,(H,14,15). The molecular weight excluding hydrogens is 204 g/mol. The lowest BCUT2D eigenvalue weighted by Gasteiger charge is -2.07. The summed E-state index contributed by atoms with van der Waals surface area (Å²) in [6, 6.07) is 8.19. The van der Waals surface area contributed by atoms with E-state index in [4.69, 9.17) is 12.2 Å². The van der Waals surface area contributed by atoms with Gasteiger partial charge in [0.1, 0.15) is 4.64 Å². The Morgan fingerprint density at radius 2 is 2.07 bits per heavy atom. The van der Waals surface area contributed by atoms with Crippen molar-refractivity contribution in [2.75, 3.05) is 0 Å². The lowest BCUT2D eigenvalue weighted by Crippen LogP contribution is -1.89. The Morgan fingerprint density at radius 3 is 2.80 bits per heavy atom. The van der Waals surface area contributed by atoms with Crippen LogP contribution in [0.2, 0.25) is 0 Å². The fourth-order valence-electron chi connectivity index (χ4n) is 1.59. The maximum Gasteiger partial charge on any atom is 0.120 e. The minimum absolute atomic E-state index is 0.661. The molecule has 2 nitrogen and oxygen atoms in total. The summed E-state index contributed by atoms with van der Waals surface area (Å²) in [5, 5.41) is 6.74. The van der Waals surface area contributed by atoms with Crippen LogP contribution in [0.25, 0.3) is 11.1 Å². The zero-order chi connectivity index (χ0) is 10.8. The van der Waals surface area contributed by atoms with E-state index in [9.17, 15) is 0 Å². The molecule has 0 saturated heterocycles. The monoisotopic (exact) mass is 216 g/mol. The highest BCUT2D eigenvalue weighted by molar-refractivity contribution is 7.71. The van der Waals surface area contributed by atoms with Gasteiger partial charge in [0.15, 0.2) is 0 Å². The van der Waals surface area contributed by atoms with Gasteiger partial charge in [0.2, 0.25) is 0 Å². The third-order valence-electron chi connectivity index (χ3n) is 2.58. The van der Waals surface area contributed by atoms with E-state index < -0.39 is 0 Å². The van der Waals surface area contributed by atoms with Gasteiger partial charge in [-0.05, 0) is 36.6 Å². The molecule has 0 saturated carbocycles. The number of nitrogens with one attached hydrogen (secondary N) is 1. The average Bonchev–Trinajstić information content (AvgIpc) is 2.22. The van der Waals surface area contributed by atoms with Gasteiger partial charge in [-0.1, -0.05) is 30.4 Å². The predicted molar refractivity (Wildman–Crippen MR) is 64.3 cm³/mol. The lowest BCUT2D eigenvalue weighted by molar-refractivity contribution is 1.02. The van der Waals surface area contributed by atoms with Gasteiger partial charge in [-0.25, -0.2) is 0 Å². The lowest BCUT2D eigenvalue weighted by atomic mass is 9.99. The van der Waals surface area contributed by atoms with Gasteiger partial charge in [-0.15, -0.1) is 0 Å². The molecule has 0 aliphatic heterocycles. The molecule has 2 aromatic rings. The number of aromatic nitrogens is 2. The second kappa shape index (κ2) is 3.95. The Labute approximate surface area is 94.0 Å². The quantitative estimate of drug-likeness (QED) is 0.740. The van der Waals surface area contributed by atoms with Crippen LogP contribution in [0.1, 0.15) is 11.1 Å². The zero-order valence-corrected chi connectivity index (χ0v) is 9.56. The van der Waals surface area contributed by atoms with Crippen LogP contribution < -0.4 is 0 Å². The van der Waals surface area contributed by atoms with Crippen molar-refractivity contribution >= 4 is 12.2 Å². The molecule has 2 rings (SSSR count). The second-order valence-electron chi connectivity index (χ2n) is 3.58. The number of rotatable bonds is 1. The summed E-state index contributed by atoms with van der Waals surface area (Å²) in [5.41, 5.74) is 4.83. The topological polar surface area (TPSA) is 28.7 Å². The van der Waals surface area contributed by atoms with Crippen molar-refractivity contribution in [1.29, 1.82) is 0 Å². The fourth-order valence-corrected chi connectivity index (χ4v) is 1.77. The SMILES string of the molecule is Cc1cccc(-c2cn[nH]c(=S)c2)c1C. The van der Waals surface area contributed by atoms with E-state index in [1.54, 1.807) is 6.20 Å². The molecule has 0 radical (unpaired) electrons. The first-order valence-electron chi connectivity index (χ1n) is 4.80. The fraction of sp³-hybridized carbons (Fsp3) is 0.167. The minimum Gasteiger partial charge on any atom is -0.268 e. The third-order valence-corrected chi connectivity index (χ3v) is 2.79. The molecule has 0 unspecified atom stereocenters. The van der Waals surface area contributed by atoms with Crippen molar-refractivity contribution in [3.8, 4) is 11.1 Å². The zero-order valence-electron chi connectivity index (χ0n) is 8.74. The van der Waals surface area contributed by atoms with Crippen LogP contribution in [0, 0.1) is 18.5 Å². The first-order valence-corrected chi connectivity index (χ1v) is 5.20. The molecule has 76 valence electrons. The maximum atomic E-state index is 5.06. The molecule has 1 N–H and O–H groups in total. The van der Waals surface area contributed by atoms with Crippen LogP contribution in [0.15, 0.2) is 30.5 Å². The largest absolute Gasteiger partial charge is 0.268 e. The van der Waals surface area contributed by atoms with Gasteiger partial charge in [-0.3, -0.25) is 5.10 Å². The first kappa shape index (κ1) is 10.1. The van der Waals surface area contributed by atoms with Crippen LogP contribution in [0.3, 0.4) is 0 Å². The van der Waals surface area contributed by atoms with Gasteiger partial charge in [-0.2, -0.15) is 5.10 Å². The minimum atomic E-state index is 0.661. The Morgan fingerprint density at radius 1 is 1.27 bits per heavy atom. The van der Waals surface area contributed by atoms with Crippen molar-refractivity contribution in [1.82, 2.24) is 10.2 Å². The molecule has 1 aromatic heterocycles. The summed E-state index contributed by atoms with van der Waals surface area (Å²) in [5.74, 6) is 0. The Balaban J connectivity index is 2.64. The van der Waals surface area contributed by atoms with E-state index in [1.165, 1.54) is 16.7 Å². The van der Waals surface area contributed by atoms with E-state index in [2.05, 4.69) is 42.2 Å². The number of hydrogen-bond donors (Lipinski definition) is 1. The van der Waals surface area contributed by atoms with E-state index in [-0.39, 0.29) is 0 Å². The van der Waals surface area contributed by atoms with E-state index in [0.29, 0.717) is 4.64 Å². The van der Waals surface area contributed by atoms with E-state index in [1.807, 2.05) is 6.07 Å². The average molecular weight is 216 g/mol. The smallest absolute Gasteiger partial charge is 0.120 e. The molecule has 3 heteroatoms. The number of hydrogen-bond acceptors (Lipinski definition) is 2. The molecule has 1 heterocycles. The first-order chi connectivity index (χ1) is 7.18.